The van der Waals surface area contributed by atoms with Crippen LogP contribution in [-0.4, -0.2) is 33.4 Å². The number of benzene rings is 2. The van der Waals surface area contributed by atoms with Crippen molar-refractivity contribution >= 4 is 51.5 Å². The Labute approximate surface area is 177 Å². The molecule has 0 saturated carbocycles. The van der Waals surface area contributed by atoms with Gasteiger partial charge in [0.1, 0.15) is 5.75 Å². The standard InChI is InChI=1S/C21H19ClN4O2S/c1-13-11-19-24-25-21(26(19)17-6-4-3-5-15(13)17)29-10-9-20(27)23-16-12-14(22)7-8-18(16)28-2/h3-8,11-12H,9-10H2,1-2H3,(H,23,27). The van der Waals surface area contributed by atoms with Crippen LogP contribution in [-0.2, 0) is 4.79 Å². The molecule has 0 aliphatic carbocycles. The zero-order valence-electron chi connectivity index (χ0n) is 16.0. The van der Waals surface area contributed by atoms with Crippen molar-refractivity contribution in [3.8, 4) is 5.75 Å². The molecule has 2 aromatic heterocycles. The van der Waals surface area contributed by atoms with Crippen molar-refractivity contribution in [2.75, 3.05) is 18.2 Å². The number of rotatable bonds is 6. The van der Waals surface area contributed by atoms with Gasteiger partial charge in [0.2, 0.25) is 5.91 Å². The number of carbonyl (C=O) groups excluding carboxylic acids is 1. The van der Waals surface area contributed by atoms with E-state index in [1.807, 2.05) is 22.6 Å². The summed E-state index contributed by atoms with van der Waals surface area (Å²) < 4.78 is 7.30. The first-order chi connectivity index (χ1) is 14.1. The monoisotopic (exact) mass is 426 g/mol. The van der Waals surface area contributed by atoms with Crippen LogP contribution < -0.4 is 10.1 Å². The molecule has 0 fully saturated rings. The van der Waals surface area contributed by atoms with Crippen molar-refractivity contribution in [3.63, 3.8) is 0 Å². The highest BCUT2D eigenvalue weighted by Crippen LogP contribution is 2.29. The molecule has 0 unspecified atom stereocenters. The average molecular weight is 427 g/mol. The number of hydrogen-bond acceptors (Lipinski definition) is 5. The van der Waals surface area contributed by atoms with Crippen LogP contribution in [0.4, 0.5) is 5.69 Å². The van der Waals surface area contributed by atoms with Gasteiger partial charge >= 0.3 is 0 Å². The van der Waals surface area contributed by atoms with Crippen LogP contribution in [0.2, 0.25) is 5.02 Å². The smallest absolute Gasteiger partial charge is 0.225 e. The maximum atomic E-state index is 12.4. The average Bonchev–Trinajstić information content (AvgIpc) is 3.11. The van der Waals surface area contributed by atoms with Gasteiger partial charge in [-0.15, -0.1) is 10.2 Å². The fraction of sp³-hybridized carbons (Fsp3) is 0.190. The molecule has 4 aromatic rings. The van der Waals surface area contributed by atoms with Crippen LogP contribution in [0.15, 0.2) is 53.7 Å². The molecule has 4 rings (SSSR count). The summed E-state index contributed by atoms with van der Waals surface area (Å²) in [6.07, 6.45) is 0.318. The summed E-state index contributed by atoms with van der Waals surface area (Å²) in [5, 5.41) is 13.9. The number of nitrogens with one attached hydrogen (secondary N) is 1. The third-order valence-corrected chi connectivity index (χ3v) is 5.74. The first kappa shape index (κ1) is 19.5. The van der Waals surface area contributed by atoms with Crippen molar-refractivity contribution in [3.05, 3.63) is 59.1 Å². The lowest BCUT2D eigenvalue weighted by Gasteiger charge is -2.10. The fourth-order valence-corrected chi connectivity index (χ4v) is 4.26. The van der Waals surface area contributed by atoms with Gasteiger partial charge in [-0.2, -0.15) is 0 Å². The second-order valence-electron chi connectivity index (χ2n) is 6.51. The van der Waals surface area contributed by atoms with Gasteiger partial charge in [0.05, 0.1) is 18.3 Å². The van der Waals surface area contributed by atoms with Gasteiger partial charge in [0.25, 0.3) is 0 Å². The third-order valence-electron chi connectivity index (χ3n) is 4.57. The van der Waals surface area contributed by atoms with Gasteiger partial charge in [-0.1, -0.05) is 41.6 Å². The Morgan fingerprint density at radius 3 is 2.86 bits per heavy atom. The van der Waals surface area contributed by atoms with Crippen molar-refractivity contribution in [1.82, 2.24) is 14.6 Å². The Balaban J connectivity index is 1.48. The van der Waals surface area contributed by atoms with Crippen molar-refractivity contribution < 1.29 is 9.53 Å². The fourth-order valence-electron chi connectivity index (χ4n) is 3.19. The largest absolute Gasteiger partial charge is 0.495 e. The van der Waals surface area contributed by atoms with Gasteiger partial charge in [0, 0.05) is 22.6 Å². The van der Waals surface area contributed by atoms with E-state index in [1.165, 1.54) is 11.8 Å². The van der Waals surface area contributed by atoms with Crippen LogP contribution in [0.1, 0.15) is 12.0 Å². The van der Waals surface area contributed by atoms with E-state index in [9.17, 15) is 4.79 Å². The van der Waals surface area contributed by atoms with Crippen molar-refractivity contribution in [2.24, 2.45) is 0 Å². The van der Waals surface area contributed by atoms with Gasteiger partial charge < -0.3 is 10.1 Å². The van der Waals surface area contributed by atoms with Gasteiger partial charge in [-0.25, -0.2) is 0 Å². The number of carbonyl (C=O) groups is 1. The molecule has 0 bridgehead atoms. The summed E-state index contributed by atoms with van der Waals surface area (Å²) in [6.45, 7) is 2.07. The molecule has 29 heavy (non-hydrogen) atoms. The third kappa shape index (κ3) is 4.02. The Hall–Kier alpha value is -2.77. The number of fused-ring (bicyclic) bond motifs is 3. The van der Waals surface area contributed by atoms with E-state index in [2.05, 4.69) is 34.6 Å². The second-order valence-corrected chi connectivity index (χ2v) is 8.01. The highest BCUT2D eigenvalue weighted by molar-refractivity contribution is 7.99. The van der Waals surface area contributed by atoms with Gasteiger partial charge in [0.15, 0.2) is 10.8 Å². The number of halogens is 1. The van der Waals surface area contributed by atoms with E-state index in [4.69, 9.17) is 16.3 Å². The van der Waals surface area contributed by atoms with E-state index in [-0.39, 0.29) is 5.91 Å². The first-order valence-corrected chi connectivity index (χ1v) is 10.4. The van der Waals surface area contributed by atoms with Crippen LogP contribution in [0.5, 0.6) is 5.75 Å². The van der Waals surface area contributed by atoms with Crippen LogP contribution in [0.25, 0.3) is 16.6 Å². The highest BCUT2D eigenvalue weighted by atomic mass is 35.5. The number of amides is 1. The summed E-state index contributed by atoms with van der Waals surface area (Å²) in [4.78, 5) is 12.4. The summed E-state index contributed by atoms with van der Waals surface area (Å²) >= 11 is 7.51. The predicted octanol–water partition coefficient (Wildman–Crippen LogP) is 4.97. The number of methoxy groups -OCH3 is 1. The molecule has 1 amide bonds. The topological polar surface area (TPSA) is 68.5 Å². The molecular formula is C21H19ClN4O2S. The lowest BCUT2D eigenvalue weighted by Crippen LogP contribution is -2.13. The molecule has 0 atom stereocenters. The van der Waals surface area contributed by atoms with Crippen LogP contribution in [0, 0.1) is 6.92 Å². The molecule has 0 aliphatic rings. The maximum absolute atomic E-state index is 12.4. The Kier molecular flexibility index (Phi) is 5.60. The minimum Gasteiger partial charge on any atom is -0.495 e. The minimum absolute atomic E-state index is 0.118. The summed E-state index contributed by atoms with van der Waals surface area (Å²) in [5.74, 6) is 1.02. The molecule has 0 aliphatic heterocycles. The molecule has 0 spiro atoms. The quantitative estimate of drug-likeness (QED) is 0.440. The van der Waals surface area contributed by atoms with Crippen molar-refractivity contribution in [2.45, 2.75) is 18.5 Å². The summed E-state index contributed by atoms with van der Waals surface area (Å²) in [6, 6.07) is 15.3. The van der Waals surface area contributed by atoms with E-state index in [0.717, 1.165) is 27.3 Å². The maximum Gasteiger partial charge on any atom is 0.225 e. The number of pyridine rings is 1. The normalized spacial score (nSPS) is 11.1. The molecule has 2 aromatic carbocycles. The first-order valence-electron chi connectivity index (χ1n) is 9.06. The van der Waals surface area contributed by atoms with Gasteiger partial charge in [-0.05, 0) is 42.8 Å². The second kappa shape index (κ2) is 8.31. The number of anilines is 1. The molecule has 148 valence electrons. The lowest BCUT2D eigenvalue weighted by atomic mass is 10.1. The van der Waals surface area contributed by atoms with Crippen LogP contribution in [0.3, 0.4) is 0 Å². The summed E-state index contributed by atoms with van der Waals surface area (Å²) in [5.41, 5.74) is 3.58. The number of aryl methyl sites for hydroxylation is 1. The minimum atomic E-state index is -0.118. The number of para-hydroxylation sites is 1. The zero-order valence-corrected chi connectivity index (χ0v) is 17.5. The SMILES string of the molecule is COc1ccc(Cl)cc1NC(=O)CCSc1nnc2cc(C)c3ccccc3n12. The number of thioether (sulfide) groups is 1. The molecular weight excluding hydrogens is 408 g/mol. The van der Waals surface area contributed by atoms with E-state index >= 15 is 0 Å². The number of aromatic nitrogens is 3. The number of ether oxygens (including phenoxy) is 1. The Morgan fingerprint density at radius 2 is 2.03 bits per heavy atom. The Bertz CT molecular complexity index is 1210. The molecule has 0 saturated heterocycles. The van der Waals surface area contributed by atoms with E-state index in [1.54, 1.807) is 25.3 Å². The van der Waals surface area contributed by atoms with Crippen molar-refractivity contribution in [1.29, 1.82) is 0 Å². The highest BCUT2D eigenvalue weighted by Gasteiger charge is 2.13. The van der Waals surface area contributed by atoms with Crippen LogP contribution >= 0.6 is 23.4 Å². The lowest BCUT2D eigenvalue weighted by molar-refractivity contribution is -0.115. The molecule has 6 nitrogen and oxygen atoms in total. The summed E-state index contributed by atoms with van der Waals surface area (Å²) in [7, 11) is 1.55. The predicted molar refractivity (Wildman–Crippen MR) is 117 cm³/mol. The van der Waals surface area contributed by atoms with E-state index in [0.29, 0.717) is 28.6 Å². The number of hydrogen-bond donors (Lipinski definition) is 1. The Morgan fingerprint density at radius 1 is 1.21 bits per heavy atom. The molecule has 8 heteroatoms. The zero-order chi connectivity index (χ0) is 20.4. The van der Waals surface area contributed by atoms with E-state index < -0.39 is 0 Å². The molecule has 0 radical (unpaired) electrons. The number of nitrogens with zero attached hydrogens (tertiary/aromatic N) is 3. The molecule has 2 heterocycles. The molecule has 1 N–H and O–H groups in total. The van der Waals surface area contributed by atoms with Gasteiger partial charge in [-0.3, -0.25) is 9.20 Å².